The smallest absolute Gasteiger partial charge is 0.290 e. The Kier molecular flexibility index (Phi) is 6.19. The third kappa shape index (κ3) is 4.54. The van der Waals surface area contributed by atoms with Crippen LogP contribution in [0.5, 0.6) is 0 Å². The molecule has 4 rings (SSSR count). The molecule has 0 aromatic heterocycles. The number of aliphatic hydroxyl groups is 1. The van der Waals surface area contributed by atoms with Crippen LogP contribution in [-0.2, 0) is 22.6 Å². The number of ketones is 1. The summed E-state index contributed by atoms with van der Waals surface area (Å²) in [4.78, 5) is 27.7. The van der Waals surface area contributed by atoms with Crippen molar-refractivity contribution in [1.29, 1.82) is 0 Å². The fraction of sp³-hybridized carbons (Fsp3) is 0.154. The van der Waals surface area contributed by atoms with Gasteiger partial charge in [-0.1, -0.05) is 84.4 Å². The van der Waals surface area contributed by atoms with Gasteiger partial charge in [0.25, 0.3) is 5.91 Å². The molecule has 0 aliphatic carbocycles. The minimum Gasteiger partial charge on any atom is -0.503 e. The van der Waals surface area contributed by atoms with E-state index in [1.165, 1.54) is 0 Å². The molecule has 1 unspecified atom stereocenters. The van der Waals surface area contributed by atoms with Gasteiger partial charge in [-0.2, -0.15) is 0 Å². The second-order valence-corrected chi connectivity index (χ2v) is 7.98. The van der Waals surface area contributed by atoms with Crippen LogP contribution in [0.2, 0.25) is 5.02 Å². The largest absolute Gasteiger partial charge is 0.503 e. The zero-order chi connectivity index (χ0) is 21.8. The Morgan fingerprint density at radius 3 is 2.06 bits per heavy atom. The van der Waals surface area contributed by atoms with E-state index in [-0.39, 0.29) is 24.3 Å². The maximum absolute atomic E-state index is 13.2. The second-order valence-electron chi connectivity index (χ2n) is 7.54. The van der Waals surface area contributed by atoms with Gasteiger partial charge in [-0.25, -0.2) is 0 Å². The zero-order valence-corrected chi connectivity index (χ0v) is 17.6. The molecule has 0 saturated heterocycles. The predicted octanol–water partition coefficient (Wildman–Crippen LogP) is 5.44. The highest BCUT2D eigenvalue weighted by atomic mass is 35.5. The molecule has 1 aliphatic heterocycles. The van der Waals surface area contributed by atoms with Gasteiger partial charge in [0.05, 0.1) is 11.6 Å². The first-order valence-electron chi connectivity index (χ1n) is 10.1. The number of halogens is 1. The van der Waals surface area contributed by atoms with E-state index in [1.807, 2.05) is 60.7 Å². The van der Waals surface area contributed by atoms with Crippen molar-refractivity contribution < 1.29 is 14.7 Å². The Labute approximate surface area is 186 Å². The van der Waals surface area contributed by atoms with Crippen molar-refractivity contribution in [2.24, 2.45) is 0 Å². The van der Waals surface area contributed by atoms with Gasteiger partial charge in [-0.05, 0) is 35.2 Å². The lowest BCUT2D eigenvalue weighted by atomic mass is 9.93. The van der Waals surface area contributed by atoms with Crippen molar-refractivity contribution in [3.63, 3.8) is 0 Å². The molecule has 1 heterocycles. The highest BCUT2D eigenvalue weighted by Crippen LogP contribution is 2.39. The van der Waals surface area contributed by atoms with Gasteiger partial charge in [0, 0.05) is 18.0 Å². The van der Waals surface area contributed by atoms with Crippen molar-refractivity contribution in [2.75, 3.05) is 0 Å². The van der Waals surface area contributed by atoms with Crippen LogP contribution in [0.3, 0.4) is 0 Å². The lowest BCUT2D eigenvalue weighted by molar-refractivity contribution is -0.130. The Bertz CT molecular complexity index is 1110. The van der Waals surface area contributed by atoms with E-state index in [2.05, 4.69) is 0 Å². The number of hydrogen-bond donors (Lipinski definition) is 1. The van der Waals surface area contributed by atoms with Gasteiger partial charge >= 0.3 is 0 Å². The Hall–Kier alpha value is -3.37. The van der Waals surface area contributed by atoms with E-state index in [0.29, 0.717) is 11.4 Å². The molecule has 1 N–H and O–H groups in total. The molecule has 0 spiro atoms. The first-order chi connectivity index (χ1) is 15.0. The maximum atomic E-state index is 13.2. The number of carbonyl (C=O) groups excluding carboxylic acids is 2. The molecule has 156 valence electrons. The lowest BCUT2D eigenvalue weighted by Crippen LogP contribution is -2.30. The van der Waals surface area contributed by atoms with E-state index in [1.54, 1.807) is 29.2 Å². The van der Waals surface area contributed by atoms with Crippen molar-refractivity contribution in [2.45, 2.75) is 25.4 Å². The van der Waals surface area contributed by atoms with E-state index >= 15 is 0 Å². The summed E-state index contributed by atoms with van der Waals surface area (Å²) in [7, 11) is 0. The summed E-state index contributed by atoms with van der Waals surface area (Å²) in [6.07, 6.45) is 0.747. The summed E-state index contributed by atoms with van der Waals surface area (Å²) in [6, 6.07) is 25.6. The maximum Gasteiger partial charge on any atom is 0.290 e. The number of nitrogens with zero attached hydrogens (tertiary/aromatic N) is 1. The van der Waals surface area contributed by atoms with Crippen molar-refractivity contribution >= 4 is 23.3 Å². The number of amides is 1. The van der Waals surface area contributed by atoms with Gasteiger partial charge in [-0.15, -0.1) is 0 Å². The Morgan fingerprint density at radius 1 is 0.871 bits per heavy atom. The molecule has 0 radical (unpaired) electrons. The SMILES string of the molecule is O=C(CCc1ccccc1)C1=C(O)C(=O)N(Cc2ccccc2)C1c1ccc(Cl)cc1. The molecule has 1 atom stereocenters. The summed E-state index contributed by atoms with van der Waals surface area (Å²) in [6.45, 7) is 0.284. The average molecular weight is 432 g/mol. The minimum absolute atomic E-state index is 0.152. The van der Waals surface area contributed by atoms with Crippen LogP contribution in [0, 0.1) is 0 Å². The zero-order valence-electron chi connectivity index (χ0n) is 16.9. The topological polar surface area (TPSA) is 57.6 Å². The normalized spacial score (nSPS) is 16.1. The van der Waals surface area contributed by atoms with Gasteiger partial charge in [0.15, 0.2) is 11.5 Å². The van der Waals surface area contributed by atoms with Gasteiger partial charge < -0.3 is 10.0 Å². The molecule has 0 bridgehead atoms. The number of aliphatic hydroxyl groups excluding tert-OH is 1. The summed E-state index contributed by atoms with van der Waals surface area (Å²) in [5, 5.41) is 11.3. The fourth-order valence-electron chi connectivity index (χ4n) is 3.91. The van der Waals surface area contributed by atoms with Gasteiger partial charge in [-0.3, -0.25) is 9.59 Å². The molecule has 3 aromatic rings. The van der Waals surface area contributed by atoms with Crippen molar-refractivity contribution in [1.82, 2.24) is 4.90 Å². The standard InChI is InChI=1S/C26H22ClNO3/c27-21-14-12-20(13-15-21)24-23(22(29)16-11-18-7-3-1-4-8-18)25(30)26(31)28(24)17-19-9-5-2-6-10-19/h1-10,12-15,24,30H,11,16-17H2. The predicted molar refractivity (Wildman–Crippen MR) is 121 cm³/mol. The molecule has 0 fully saturated rings. The van der Waals surface area contributed by atoms with Crippen LogP contribution in [0.25, 0.3) is 0 Å². The van der Waals surface area contributed by atoms with Crippen molar-refractivity contribution in [3.8, 4) is 0 Å². The molecule has 0 saturated carbocycles. The number of hydrogen-bond acceptors (Lipinski definition) is 3. The minimum atomic E-state index is -0.659. The van der Waals surface area contributed by atoms with E-state index in [0.717, 1.165) is 16.7 Å². The Morgan fingerprint density at radius 2 is 1.45 bits per heavy atom. The van der Waals surface area contributed by atoms with Gasteiger partial charge in [0.1, 0.15) is 0 Å². The third-order valence-electron chi connectivity index (χ3n) is 5.47. The van der Waals surface area contributed by atoms with E-state index < -0.39 is 17.7 Å². The highest BCUT2D eigenvalue weighted by Gasteiger charge is 2.43. The molecule has 4 nitrogen and oxygen atoms in total. The second kappa shape index (κ2) is 9.19. The number of carbonyl (C=O) groups is 2. The van der Waals surface area contributed by atoms with E-state index in [4.69, 9.17) is 11.6 Å². The molecule has 31 heavy (non-hydrogen) atoms. The third-order valence-corrected chi connectivity index (χ3v) is 5.72. The first-order valence-corrected chi connectivity index (χ1v) is 10.5. The van der Waals surface area contributed by atoms with Crippen LogP contribution >= 0.6 is 11.6 Å². The summed E-state index contributed by atoms with van der Waals surface area (Å²) < 4.78 is 0. The van der Waals surface area contributed by atoms with Crippen LogP contribution in [0.4, 0.5) is 0 Å². The van der Waals surface area contributed by atoms with Crippen LogP contribution < -0.4 is 0 Å². The Balaban J connectivity index is 1.66. The van der Waals surface area contributed by atoms with Crippen LogP contribution in [0.15, 0.2) is 96.3 Å². The molecule has 1 amide bonds. The fourth-order valence-corrected chi connectivity index (χ4v) is 4.04. The molecular formula is C26H22ClNO3. The average Bonchev–Trinajstić information content (AvgIpc) is 3.04. The van der Waals surface area contributed by atoms with Crippen LogP contribution in [-0.4, -0.2) is 21.7 Å². The number of benzene rings is 3. The number of aryl methyl sites for hydroxylation is 1. The summed E-state index contributed by atoms with van der Waals surface area (Å²) in [5.41, 5.74) is 2.84. The number of Topliss-reactive ketones (excluding diaryl/α,β-unsaturated/α-hetero) is 1. The lowest BCUT2D eigenvalue weighted by Gasteiger charge is -2.27. The van der Waals surface area contributed by atoms with E-state index in [9.17, 15) is 14.7 Å². The number of rotatable bonds is 7. The monoisotopic (exact) mass is 431 g/mol. The van der Waals surface area contributed by atoms with Crippen molar-refractivity contribution in [3.05, 3.63) is 118 Å². The molecular weight excluding hydrogens is 410 g/mol. The van der Waals surface area contributed by atoms with Crippen LogP contribution in [0.1, 0.15) is 29.2 Å². The first kappa shape index (κ1) is 20.9. The summed E-state index contributed by atoms with van der Waals surface area (Å²) in [5.74, 6) is -1.23. The summed E-state index contributed by atoms with van der Waals surface area (Å²) >= 11 is 6.05. The van der Waals surface area contributed by atoms with Gasteiger partial charge in [0.2, 0.25) is 0 Å². The molecule has 1 aliphatic rings. The molecule has 3 aromatic carbocycles. The quantitative estimate of drug-likeness (QED) is 0.542. The highest BCUT2D eigenvalue weighted by molar-refractivity contribution is 6.30. The molecule has 5 heteroatoms.